The SMILES string of the molecule is OC1CCC(CNC2CCSC2)C1. The lowest BCUT2D eigenvalue weighted by atomic mass is 10.1. The Morgan fingerprint density at radius 3 is 2.85 bits per heavy atom. The summed E-state index contributed by atoms with van der Waals surface area (Å²) in [6.07, 6.45) is 4.58. The van der Waals surface area contributed by atoms with Gasteiger partial charge in [0.05, 0.1) is 6.10 Å². The Hall–Kier alpha value is 0.270. The second-order valence-electron chi connectivity index (χ2n) is 4.30. The molecule has 0 aromatic rings. The van der Waals surface area contributed by atoms with Crippen LogP contribution in [0.3, 0.4) is 0 Å². The molecule has 0 bridgehead atoms. The number of thioether (sulfide) groups is 1. The average molecular weight is 201 g/mol. The fourth-order valence-corrected chi connectivity index (χ4v) is 3.45. The second kappa shape index (κ2) is 4.67. The third-order valence-corrected chi connectivity index (χ3v) is 4.30. The first-order chi connectivity index (χ1) is 6.34. The van der Waals surface area contributed by atoms with Crippen molar-refractivity contribution in [2.75, 3.05) is 18.1 Å². The summed E-state index contributed by atoms with van der Waals surface area (Å²) in [5.74, 6) is 3.35. The molecule has 76 valence electrons. The van der Waals surface area contributed by atoms with Gasteiger partial charge in [-0.25, -0.2) is 0 Å². The zero-order valence-electron chi connectivity index (χ0n) is 8.04. The number of aliphatic hydroxyl groups excluding tert-OH is 1. The van der Waals surface area contributed by atoms with Gasteiger partial charge >= 0.3 is 0 Å². The fourth-order valence-electron chi connectivity index (χ4n) is 2.26. The molecule has 1 aliphatic carbocycles. The molecule has 2 nitrogen and oxygen atoms in total. The van der Waals surface area contributed by atoms with Crippen LogP contribution in [-0.2, 0) is 0 Å². The van der Waals surface area contributed by atoms with E-state index in [2.05, 4.69) is 17.1 Å². The van der Waals surface area contributed by atoms with Crippen molar-refractivity contribution in [3.63, 3.8) is 0 Å². The zero-order chi connectivity index (χ0) is 9.10. The van der Waals surface area contributed by atoms with Crippen LogP contribution < -0.4 is 5.32 Å². The largest absolute Gasteiger partial charge is 0.393 e. The predicted molar refractivity (Wildman–Crippen MR) is 57.1 cm³/mol. The Balaban J connectivity index is 1.62. The van der Waals surface area contributed by atoms with E-state index in [4.69, 9.17) is 0 Å². The number of hydrogen-bond acceptors (Lipinski definition) is 3. The van der Waals surface area contributed by atoms with Crippen LogP contribution in [-0.4, -0.2) is 35.3 Å². The van der Waals surface area contributed by atoms with Crippen LogP contribution in [0.5, 0.6) is 0 Å². The third-order valence-electron chi connectivity index (χ3n) is 3.14. The second-order valence-corrected chi connectivity index (χ2v) is 5.45. The molecule has 2 fully saturated rings. The molecule has 3 heteroatoms. The molecule has 13 heavy (non-hydrogen) atoms. The quantitative estimate of drug-likeness (QED) is 0.720. The van der Waals surface area contributed by atoms with E-state index in [1.54, 1.807) is 0 Å². The molecule has 3 atom stereocenters. The van der Waals surface area contributed by atoms with Crippen LogP contribution in [0.25, 0.3) is 0 Å². The van der Waals surface area contributed by atoms with Crippen LogP contribution in [0, 0.1) is 5.92 Å². The molecular formula is C10H19NOS. The van der Waals surface area contributed by atoms with Gasteiger partial charge in [-0.05, 0) is 43.9 Å². The van der Waals surface area contributed by atoms with Crippen molar-refractivity contribution in [2.24, 2.45) is 5.92 Å². The Morgan fingerprint density at radius 1 is 1.31 bits per heavy atom. The van der Waals surface area contributed by atoms with Crippen molar-refractivity contribution >= 4 is 11.8 Å². The molecule has 2 aliphatic rings. The maximum atomic E-state index is 9.36. The summed E-state index contributed by atoms with van der Waals surface area (Å²) in [6.45, 7) is 1.13. The average Bonchev–Trinajstić information content (AvgIpc) is 2.71. The highest BCUT2D eigenvalue weighted by molar-refractivity contribution is 7.99. The lowest BCUT2D eigenvalue weighted by Gasteiger charge is -2.15. The standard InChI is InChI=1S/C10H19NOS/c12-10-2-1-8(5-10)6-11-9-3-4-13-7-9/h8-12H,1-7H2. The maximum Gasteiger partial charge on any atom is 0.0543 e. The molecule has 2 rings (SSSR count). The predicted octanol–water partition coefficient (Wildman–Crippen LogP) is 1.24. The van der Waals surface area contributed by atoms with Crippen LogP contribution in [0.4, 0.5) is 0 Å². The molecule has 0 aromatic carbocycles. The van der Waals surface area contributed by atoms with E-state index in [0.29, 0.717) is 0 Å². The third kappa shape index (κ3) is 2.86. The topological polar surface area (TPSA) is 32.3 Å². The van der Waals surface area contributed by atoms with Crippen LogP contribution >= 0.6 is 11.8 Å². The van der Waals surface area contributed by atoms with E-state index in [1.807, 2.05) is 0 Å². The molecule has 0 amide bonds. The number of nitrogens with one attached hydrogen (secondary N) is 1. The van der Waals surface area contributed by atoms with Gasteiger partial charge in [0, 0.05) is 11.8 Å². The van der Waals surface area contributed by atoms with Crippen molar-refractivity contribution < 1.29 is 5.11 Å². The van der Waals surface area contributed by atoms with E-state index in [1.165, 1.54) is 24.3 Å². The van der Waals surface area contributed by atoms with Crippen LogP contribution in [0.2, 0.25) is 0 Å². The first-order valence-corrected chi connectivity index (χ1v) is 6.49. The van der Waals surface area contributed by atoms with Crippen LogP contribution in [0.1, 0.15) is 25.7 Å². The highest BCUT2D eigenvalue weighted by atomic mass is 32.2. The Kier molecular flexibility index (Phi) is 3.52. The Morgan fingerprint density at radius 2 is 2.23 bits per heavy atom. The van der Waals surface area contributed by atoms with E-state index < -0.39 is 0 Å². The molecule has 1 aliphatic heterocycles. The highest BCUT2D eigenvalue weighted by Crippen LogP contribution is 2.25. The lowest BCUT2D eigenvalue weighted by Crippen LogP contribution is -2.32. The van der Waals surface area contributed by atoms with Gasteiger partial charge in [0.15, 0.2) is 0 Å². The summed E-state index contributed by atoms with van der Waals surface area (Å²) >= 11 is 2.05. The van der Waals surface area contributed by atoms with Crippen molar-refractivity contribution in [3.05, 3.63) is 0 Å². The summed E-state index contributed by atoms with van der Waals surface area (Å²) in [7, 11) is 0. The van der Waals surface area contributed by atoms with E-state index >= 15 is 0 Å². The molecule has 3 unspecified atom stereocenters. The van der Waals surface area contributed by atoms with Gasteiger partial charge in [0.2, 0.25) is 0 Å². The van der Waals surface area contributed by atoms with Gasteiger partial charge in [-0.1, -0.05) is 0 Å². The van der Waals surface area contributed by atoms with Crippen molar-refractivity contribution in [1.29, 1.82) is 0 Å². The number of hydrogen-bond donors (Lipinski definition) is 2. The summed E-state index contributed by atoms with van der Waals surface area (Å²) in [6, 6.07) is 0.753. The van der Waals surface area contributed by atoms with Crippen LogP contribution in [0.15, 0.2) is 0 Å². The minimum absolute atomic E-state index is 0.00949. The zero-order valence-corrected chi connectivity index (χ0v) is 8.85. The first-order valence-electron chi connectivity index (χ1n) is 5.34. The van der Waals surface area contributed by atoms with Gasteiger partial charge in [0.25, 0.3) is 0 Å². The molecule has 0 spiro atoms. The number of rotatable bonds is 3. The van der Waals surface area contributed by atoms with Gasteiger partial charge in [-0.15, -0.1) is 0 Å². The van der Waals surface area contributed by atoms with E-state index in [-0.39, 0.29) is 6.10 Å². The Labute approximate surface area is 84.5 Å². The van der Waals surface area contributed by atoms with Crippen molar-refractivity contribution in [2.45, 2.75) is 37.8 Å². The normalized spacial score (nSPS) is 39.9. The molecule has 1 saturated heterocycles. The number of aliphatic hydroxyl groups is 1. The lowest BCUT2D eigenvalue weighted by molar-refractivity contribution is 0.177. The molecule has 0 aromatic heterocycles. The summed E-state index contributed by atoms with van der Waals surface area (Å²) in [5.41, 5.74) is 0. The molecule has 2 N–H and O–H groups in total. The van der Waals surface area contributed by atoms with Crippen molar-refractivity contribution in [1.82, 2.24) is 5.32 Å². The summed E-state index contributed by atoms with van der Waals surface area (Å²) in [5, 5.41) is 13.0. The Bertz CT molecular complexity index is 159. The maximum absolute atomic E-state index is 9.36. The monoisotopic (exact) mass is 201 g/mol. The molecule has 0 radical (unpaired) electrons. The molecule has 1 heterocycles. The summed E-state index contributed by atoms with van der Waals surface area (Å²) < 4.78 is 0. The van der Waals surface area contributed by atoms with Crippen molar-refractivity contribution in [3.8, 4) is 0 Å². The fraction of sp³-hybridized carbons (Fsp3) is 1.00. The summed E-state index contributed by atoms with van der Waals surface area (Å²) in [4.78, 5) is 0. The highest BCUT2D eigenvalue weighted by Gasteiger charge is 2.23. The van der Waals surface area contributed by atoms with Gasteiger partial charge in [-0.2, -0.15) is 11.8 Å². The van der Waals surface area contributed by atoms with E-state index in [9.17, 15) is 5.11 Å². The minimum Gasteiger partial charge on any atom is -0.393 e. The minimum atomic E-state index is -0.00949. The van der Waals surface area contributed by atoms with E-state index in [0.717, 1.165) is 31.3 Å². The molecule has 1 saturated carbocycles. The van der Waals surface area contributed by atoms with Gasteiger partial charge in [0.1, 0.15) is 0 Å². The first kappa shape index (κ1) is 9.81. The molecular weight excluding hydrogens is 182 g/mol. The van der Waals surface area contributed by atoms with Gasteiger partial charge < -0.3 is 10.4 Å². The van der Waals surface area contributed by atoms with Gasteiger partial charge in [-0.3, -0.25) is 0 Å². The smallest absolute Gasteiger partial charge is 0.0543 e.